The number of hydrogen-bond acceptors (Lipinski definition) is 13. The summed E-state index contributed by atoms with van der Waals surface area (Å²) in [6, 6.07) is 12.2. The lowest BCUT2D eigenvalue weighted by atomic mass is 9.87. The zero-order valence-electron chi connectivity index (χ0n) is 26.0. The molecule has 1 aromatic heterocycles. The molecule has 13 nitrogen and oxygen atoms in total. The van der Waals surface area contributed by atoms with E-state index in [9.17, 15) is 18.8 Å². The summed E-state index contributed by atoms with van der Waals surface area (Å²) in [5.74, 6) is -3.98. The van der Waals surface area contributed by atoms with Gasteiger partial charge < -0.3 is 38.5 Å². The number of benzene rings is 3. The second kappa shape index (κ2) is 13.9. The van der Waals surface area contributed by atoms with E-state index >= 15 is 0 Å². The standard InChI is InChI=1S/C32H30FN3O10S/c1-6-44-27(37)16-34-31(39)46-32(19-14-25(41-3)29(43-5)26(15-19)42-4)20(11-17-7-10-24(40-2)21(33)12-17)28(30(38)45-32)18-8-9-22-23(13-18)36-47-35-22/h7-10,12-15H,6,11,16H2,1-5H3,(H,34,39). The van der Waals surface area contributed by atoms with Crippen molar-refractivity contribution in [1.29, 1.82) is 0 Å². The fourth-order valence-electron chi connectivity index (χ4n) is 5.16. The molecule has 246 valence electrons. The van der Waals surface area contributed by atoms with E-state index in [1.807, 2.05) is 0 Å². The number of esters is 2. The Bertz CT molecular complexity index is 1850. The van der Waals surface area contributed by atoms with Gasteiger partial charge in [-0.1, -0.05) is 12.1 Å². The predicted octanol–water partition coefficient (Wildman–Crippen LogP) is 4.56. The van der Waals surface area contributed by atoms with E-state index in [4.69, 9.17) is 33.2 Å². The van der Waals surface area contributed by atoms with Gasteiger partial charge in [-0.2, -0.15) is 8.75 Å². The predicted molar refractivity (Wildman–Crippen MR) is 166 cm³/mol. The maximum Gasteiger partial charge on any atom is 0.411 e. The maximum absolute atomic E-state index is 15.0. The van der Waals surface area contributed by atoms with E-state index in [1.54, 1.807) is 31.2 Å². The minimum Gasteiger partial charge on any atom is -0.494 e. The molecule has 47 heavy (non-hydrogen) atoms. The van der Waals surface area contributed by atoms with Crippen molar-refractivity contribution in [3.8, 4) is 23.0 Å². The Hall–Kier alpha value is -5.44. The molecule has 1 N–H and O–H groups in total. The Balaban J connectivity index is 1.76. The molecular formula is C32H30FN3O10S. The Kier molecular flexibility index (Phi) is 9.75. The number of halogens is 1. The topological polar surface area (TPSA) is 154 Å². The normalized spacial score (nSPS) is 15.7. The SMILES string of the molecule is CCOC(=O)CNC(=O)OC1(c2cc(OC)c(OC)c(OC)c2)OC(=O)C(c2ccc3nsnc3c2)=C1Cc1ccc(OC)c(F)c1. The largest absolute Gasteiger partial charge is 0.494 e. The number of carbonyl (C=O) groups excluding carboxylic acids is 3. The van der Waals surface area contributed by atoms with Gasteiger partial charge in [-0.05, 0) is 54.4 Å². The summed E-state index contributed by atoms with van der Waals surface area (Å²) in [5, 5.41) is 2.34. The number of alkyl carbamates (subject to hydrolysis) is 1. The number of cyclic esters (lactones) is 1. The Labute approximate surface area is 272 Å². The molecule has 4 aromatic rings. The van der Waals surface area contributed by atoms with Gasteiger partial charge >= 0.3 is 23.8 Å². The molecule has 2 heterocycles. The first kappa shape index (κ1) is 32.9. The fraction of sp³-hybridized carbons (Fsp3) is 0.281. The maximum atomic E-state index is 15.0. The summed E-state index contributed by atoms with van der Waals surface area (Å²) < 4.78 is 62.1. The molecule has 0 fully saturated rings. The second-order valence-corrected chi connectivity index (χ2v) is 10.5. The first-order valence-corrected chi connectivity index (χ1v) is 14.9. The van der Waals surface area contributed by atoms with Crippen LogP contribution in [0.15, 0.2) is 54.1 Å². The Morgan fingerprint density at radius 1 is 0.915 bits per heavy atom. The molecule has 1 aliphatic heterocycles. The van der Waals surface area contributed by atoms with Crippen LogP contribution in [-0.2, 0) is 36.0 Å². The first-order chi connectivity index (χ1) is 22.7. The van der Waals surface area contributed by atoms with Crippen LogP contribution in [0.1, 0.15) is 23.6 Å². The third-order valence-electron chi connectivity index (χ3n) is 7.24. The molecule has 0 saturated carbocycles. The van der Waals surface area contributed by atoms with Crippen molar-refractivity contribution >= 4 is 46.4 Å². The number of carbonyl (C=O) groups is 3. The molecule has 15 heteroatoms. The van der Waals surface area contributed by atoms with Gasteiger partial charge in [0.2, 0.25) is 5.75 Å². The molecule has 1 atom stereocenters. The quantitative estimate of drug-likeness (QED) is 0.211. The van der Waals surface area contributed by atoms with Crippen molar-refractivity contribution in [2.75, 3.05) is 41.6 Å². The average molecular weight is 668 g/mol. The van der Waals surface area contributed by atoms with E-state index in [1.165, 1.54) is 52.7 Å². The molecule has 0 radical (unpaired) electrons. The van der Waals surface area contributed by atoms with Gasteiger partial charge in [-0.15, -0.1) is 0 Å². The van der Waals surface area contributed by atoms with Crippen molar-refractivity contribution in [2.24, 2.45) is 0 Å². The summed E-state index contributed by atoms with van der Waals surface area (Å²) >= 11 is 1.00. The molecule has 0 bridgehead atoms. The van der Waals surface area contributed by atoms with Crippen LogP contribution in [0.3, 0.4) is 0 Å². The van der Waals surface area contributed by atoms with Gasteiger partial charge in [0.25, 0.3) is 0 Å². The molecule has 3 aromatic carbocycles. The minimum absolute atomic E-state index is 0.00803. The number of methoxy groups -OCH3 is 4. The fourth-order valence-corrected chi connectivity index (χ4v) is 5.68. The monoisotopic (exact) mass is 667 g/mol. The van der Waals surface area contributed by atoms with Crippen LogP contribution in [0, 0.1) is 5.82 Å². The zero-order chi connectivity index (χ0) is 33.7. The Morgan fingerprint density at radius 2 is 1.62 bits per heavy atom. The lowest BCUT2D eigenvalue weighted by Crippen LogP contribution is -2.41. The van der Waals surface area contributed by atoms with Crippen molar-refractivity contribution < 1.29 is 51.9 Å². The average Bonchev–Trinajstić information content (AvgIpc) is 3.64. The van der Waals surface area contributed by atoms with Gasteiger partial charge in [-0.25, -0.2) is 14.0 Å². The third-order valence-corrected chi connectivity index (χ3v) is 7.80. The third kappa shape index (κ3) is 6.47. The van der Waals surface area contributed by atoms with Gasteiger partial charge in [0.1, 0.15) is 17.6 Å². The summed E-state index contributed by atoms with van der Waals surface area (Å²) in [6.45, 7) is 1.18. The molecule has 1 amide bonds. The zero-order valence-corrected chi connectivity index (χ0v) is 26.8. The number of nitrogens with zero attached hydrogens (tertiary/aromatic N) is 2. The lowest BCUT2D eigenvalue weighted by Gasteiger charge is -2.32. The van der Waals surface area contributed by atoms with Crippen LogP contribution in [0.5, 0.6) is 23.0 Å². The molecule has 5 rings (SSSR count). The highest BCUT2D eigenvalue weighted by Crippen LogP contribution is 2.51. The van der Waals surface area contributed by atoms with Crippen LogP contribution >= 0.6 is 11.7 Å². The summed E-state index contributed by atoms with van der Waals surface area (Å²) in [5.41, 5.74) is 2.12. The van der Waals surface area contributed by atoms with E-state index in [0.29, 0.717) is 22.2 Å². The van der Waals surface area contributed by atoms with E-state index in [-0.39, 0.29) is 52.7 Å². The van der Waals surface area contributed by atoms with E-state index < -0.39 is 36.2 Å². The molecular weight excluding hydrogens is 637 g/mol. The Morgan fingerprint density at radius 3 is 2.26 bits per heavy atom. The van der Waals surface area contributed by atoms with Crippen molar-refractivity contribution in [3.63, 3.8) is 0 Å². The summed E-state index contributed by atoms with van der Waals surface area (Å²) in [4.78, 5) is 39.4. The number of nitrogens with one attached hydrogen (secondary N) is 1. The van der Waals surface area contributed by atoms with Gasteiger partial charge in [0.15, 0.2) is 23.1 Å². The lowest BCUT2D eigenvalue weighted by molar-refractivity contribution is -0.185. The van der Waals surface area contributed by atoms with E-state index in [2.05, 4.69) is 14.1 Å². The van der Waals surface area contributed by atoms with Crippen LogP contribution in [0.2, 0.25) is 0 Å². The minimum atomic E-state index is -2.29. The number of amides is 1. The highest BCUT2D eigenvalue weighted by molar-refractivity contribution is 7.00. The molecule has 0 saturated heterocycles. The van der Waals surface area contributed by atoms with Crippen LogP contribution in [0.25, 0.3) is 16.6 Å². The van der Waals surface area contributed by atoms with Crippen molar-refractivity contribution in [1.82, 2.24) is 14.1 Å². The number of ether oxygens (including phenoxy) is 7. The highest BCUT2D eigenvalue weighted by atomic mass is 32.1. The summed E-state index contributed by atoms with van der Waals surface area (Å²) in [6.07, 6.45) is -1.28. The highest BCUT2D eigenvalue weighted by Gasteiger charge is 2.54. The first-order valence-electron chi connectivity index (χ1n) is 14.1. The number of rotatable bonds is 12. The number of fused-ring (bicyclic) bond motifs is 1. The smallest absolute Gasteiger partial charge is 0.411 e. The molecule has 1 unspecified atom stereocenters. The number of aromatic nitrogens is 2. The van der Waals surface area contributed by atoms with Gasteiger partial charge in [0, 0.05) is 17.6 Å². The van der Waals surface area contributed by atoms with Crippen LogP contribution in [0.4, 0.5) is 9.18 Å². The van der Waals surface area contributed by atoms with Crippen molar-refractivity contribution in [3.05, 3.63) is 76.6 Å². The van der Waals surface area contributed by atoms with E-state index in [0.717, 1.165) is 11.7 Å². The van der Waals surface area contributed by atoms with Crippen LogP contribution in [-0.4, -0.2) is 68.4 Å². The molecule has 0 spiro atoms. The van der Waals surface area contributed by atoms with Crippen molar-refractivity contribution in [2.45, 2.75) is 19.1 Å². The van der Waals surface area contributed by atoms with Crippen LogP contribution < -0.4 is 24.3 Å². The van der Waals surface area contributed by atoms with Gasteiger partial charge in [0.05, 0.1) is 52.3 Å². The molecule has 0 aliphatic carbocycles. The number of hydrogen-bond donors (Lipinski definition) is 1. The summed E-state index contributed by atoms with van der Waals surface area (Å²) in [7, 11) is 5.53. The second-order valence-electron chi connectivity index (χ2n) is 9.94. The van der Waals surface area contributed by atoms with Gasteiger partial charge in [-0.3, -0.25) is 4.79 Å². The molecule has 1 aliphatic rings.